The van der Waals surface area contributed by atoms with Gasteiger partial charge in [0.15, 0.2) is 6.10 Å². The number of hydrogen-bond acceptors (Lipinski definition) is 9. The molecule has 66 heavy (non-hydrogen) atoms. The molecule has 12 heteroatoms. The van der Waals surface area contributed by atoms with Crippen LogP contribution in [-0.4, -0.2) is 74.9 Å². The van der Waals surface area contributed by atoms with E-state index in [1.54, 1.807) is 0 Å². The Balaban J connectivity index is 1.57. The van der Waals surface area contributed by atoms with E-state index < -0.39 is 26.5 Å². The van der Waals surface area contributed by atoms with Crippen LogP contribution in [0.1, 0.15) is 228 Å². The molecule has 2 rings (SSSR count). The number of phosphoric ester groups is 1. The van der Waals surface area contributed by atoms with Crippen molar-refractivity contribution in [2.24, 2.45) is 0 Å². The molecule has 1 N–H and O–H groups in total. The van der Waals surface area contributed by atoms with Crippen LogP contribution in [0, 0.1) is 13.8 Å². The number of aryl methyl sites for hydroxylation is 6. The molecule has 0 aliphatic heterocycles. The second-order valence-electron chi connectivity index (χ2n) is 20.0. The van der Waals surface area contributed by atoms with Gasteiger partial charge < -0.3 is 27.7 Å². The van der Waals surface area contributed by atoms with Crippen LogP contribution in [0.5, 0.6) is 0 Å². The van der Waals surface area contributed by atoms with Crippen LogP contribution in [0.4, 0.5) is 0 Å². The maximum atomic E-state index is 12.8. The highest BCUT2D eigenvalue weighted by atomic mass is 31.2. The number of unbranched alkanes of at least 4 members (excludes halogenated alkanes) is 22. The van der Waals surface area contributed by atoms with Crippen LogP contribution in [0.2, 0.25) is 0 Å². The number of hydrogen-bond donors (Lipinski definition) is 1. The predicted molar refractivity (Wildman–Crippen MR) is 268 cm³/mol. The Labute approximate surface area is 402 Å². The van der Waals surface area contributed by atoms with Crippen molar-refractivity contribution < 1.29 is 50.9 Å². The van der Waals surface area contributed by atoms with Gasteiger partial charge in [-0.25, -0.2) is 4.57 Å². The van der Waals surface area contributed by atoms with Gasteiger partial charge in [0.2, 0.25) is 0 Å². The average molecular weight is 951 g/mol. The summed E-state index contributed by atoms with van der Waals surface area (Å²) >= 11 is 0. The van der Waals surface area contributed by atoms with Crippen LogP contribution >= 0.6 is 7.82 Å². The van der Waals surface area contributed by atoms with Crippen LogP contribution in [0.25, 0.3) is 0 Å². The fourth-order valence-electron chi connectivity index (χ4n) is 8.22. The molecule has 2 atom stereocenters. The lowest BCUT2D eigenvalue weighted by molar-refractivity contribution is -0.870. The molecule has 0 aliphatic carbocycles. The van der Waals surface area contributed by atoms with Crippen LogP contribution in [-0.2, 0) is 58.4 Å². The molecule has 0 aromatic carbocycles. The molecule has 0 bridgehead atoms. The van der Waals surface area contributed by atoms with Gasteiger partial charge >= 0.3 is 19.8 Å². The summed E-state index contributed by atoms with van der Waals surface area (Å²) < 4.78 is 46.8. The molecule has 0 saturated heterocycles. The number of furan rings is 2. The highest BCUT2D eigenvalue weighted by Crippen LogP contribution is 2.43. The monoisotopic (exact) mass is 951 g/mol. The highest BCUT2D eigenvalue weighted by Gasteiger charge is 2.27. The van der Waals surface area contributed by atoms with Gasteiger partial charge in [-0.2, -0.15) is 0 Å². The van der Waals surface area contributed by atoms with Crippen molar-refractivity contribution in [3.05, 3.63) is 46.3 Å². The molecule has 2 heterocycles. The third-order valence-corrected chi connectivity index (χ3v) is 13.4. The number of nitrogens with zero attached hydrogens (tertiary/aromatic N) is 1. The first-order chi connectivity index (χ1) is 31.7. The molecule has 0 spiro atoms. The Morgan fingerprint density at radius 3 is 1.38 bits per heavy atom. The largest absolute Gasteiger partial charge is 0.472 e. The zero-order chi connectivity index (χ0) is 48.3. The summed E-state index contributed by atoms with van der Waals surface area (Å²) in [6.45, 7) is 8.67. The number of carbonyl (C=O) groups is 2. The SMILES string of the molecule is CCCCCc1cc(C)c(CCCCCCCCCCCCC(=O)OCC(COP(=O)(O)OCC[N+](C)(C)C)OC(=O)CCCCCCCCCCCCc2oc(CCCCC)cc2C)o1. The maximum Gasteiger partial charge on any atom is 0.472 e. The van der Waals surface area contributed by atoms with E-state index in [0.717, 1.165) is 82.1 Å². The van der Waals surface area contributed by atoms with Crippen molar-refractivity contribution in [3.63, 3.8) is 0 Å². The zero-order valence-electron chi connectivity index (χ0n) is 43.2. The fourth-order valence-corrected chi connectivity index (χ4v) is 8.97. The molecule has 2 aromatic heterocycles. The van der Waals surface area contributed by atoms with Crippen molar-refractivity contribution >= 4 is 19.8 Å². The van der Waals surface area contributed by atoms with E-state index in [-0.39, 0.29) is 32.0 Å². The second kappa shape index (κ2) is 36.5. The van der Waals surface area contributed by atoms with Crippen molar-refractivity contribution in [2.45, 2.75) is 239 Å². The van der Waals surface area contributed by atoms with Crippen LogP contribution in [0.3, 0.4) is 0 Å². The minimum Gasteiger partial charge on any atom is -0.466 e. The van der Waals surface area contributed by atoms with Crippen molar-refractivity contribution in [2.75, 3.05) is 47.5 Å². The first-order valence-corrected chi connectivity index (χ1v) is 28.1. The summed E-state index contributed by atoms with van der Waals surface area (Å²) in [7, 11) is 1.45. The first kappa shape index (κ1) is 59.7. The Morgan fingerprint density at radius 1 is 0.561 bits per heavy atom. The van der Waals surface area contributed by atoms with Crippen molar-refractivity contribution in [1.29, 1.82) is 0 Å². The van der Waals surface area contributed by atoms with Gasteiger partial charge in [-0.05, 0) is 75.6 Å². The van der Waals surface area contributed by atoms with E-state index >= 15 is 0 Å². The Morgan fingerprint density at radius 2 is 0.955 bits per heavy atom. The van der Waals surface area contributed by atoms with E-state index in [4.69, 9.17) is 27.4 Å². The molecule has 2 aromatic rings. The molecule has 11 nitrogen and oxygen atoms in total. The van der Waals surface area contributed by atoms with Gasteiger partial charge in [0.05, 0.1) is 27.7 Å². The molecule has 0 amide bonds. The predicted octanol–water partition coefficient (Wildman–Crippen LogP) is 14.6. The van der Waals surface area contributed by atoms with Crippen molar-refractivity contribution in [1.82, 2.24) is 0 Å². The summed E-state index contributed by atoms with van der Waals surface area (Å²) in [5, 5.41) is 0. The molecular weight excluding hydrogens is 854 g/mol. The Hall–Kier alpha value is -2.43. The lowest BCUT2D eigenvalue weighted by atomic mass is 10.0. The molecule has 382 valence electrons. The van der Waals surface area contributed by atoms with E-state index in [1.165, 1.54) is 138 Å². The minimum absolute atomic E-state index is 0.0237. The lowest BCUT2D eigenvalue weighted by Gasteiger charge is -2.24. The van der Waals surface area contributed by atoms with E-state index in [2.05, 4.69) is 39.8 Å². The molecule has 2 unspecified atom stereocenters. The van der Waals surface area contributed by atoms with Gasteiger partial charge in [-0.15, -0.1) is 0 Å². The summed E-state index contributed by atoms with van der Waals surface area (Å²) in [6, 6.07) is 4.46. The van der Waals surface area contributed by atoms with E-state index in [0.29, 0.717) is 17.4 Å². The van der Waals surface area contributed by atoms with Crippen LogP contribution < -0.4 is 0 Å². The zero-order valence-corrected chi connectivity index (χ0v) is 44.1. The number of rotatable bonds is 44. The normalized spacial score (nSPS) is 13.3. The number of ether oxygens (including phenoxy) is 2. The number of phosphoric acid groups is 1. The minimum atomic E-state index is -4.40. The third kappa shape index (κ3) is 31.6. The van der Waals surface area contributed by atoms with Gasteiger partial charge in [0.1, 0.15) is 42.8 Å². The topological polar surface area (TPSA) is 135 Å². The van der Waals surface area contributed by atoms with Crippen LogP contribution in [0.15, 0.2) is 21.0 Å². The van der Waals surface area contributed by atoms with Crippen molar-refractivity contribution in [3.8, 4) is 0 Å². The van der Waals surface area contributed by atoms with Gasteiger partial charge in [0, 0.05) is 38.5 Å². The first-order valence-electron chi connectivity index (χ1n) is 26.6. The molecule has 0 fully saturated rings. The number of likely N-dealkylation sites (N-methyl/N-ethyl adjacent to an activating group) is 1. The van der Waals surface area contributed by atoms with E-state index in [9.17, 15) is 19.0 Å². The van der Waals surface area contributed by atoms with Gasteiger partial charge in [0.25, 0.3) is 0 Å². The molecular formula is C54H97NO10P+. The summed E-state index contributed by atoms with van der Waals surface area (Å²) in [4.78, 5) is 35.7. The standard InChI is InChI=1S/C54H96NO10P/c1-8-10-28-34-48-42-46(3)51(63-48)36-30-24-20-16-12-14-18-22-26-32-38-53(56)60-44-50(45-62-66(58,59)61-41-40-55(5,6)7)65-54(57)39-33-27-23-19-15-13-17-21-25-31-37-52-47(4)43-49(64-52)35-29-11-9-2/h42-43,50H,8-41,44-45H2,1-7H3/p+1. The van der Waals surface area contributed by atoms with E-state index in [1.807, 2.05) is 21.1 Å². The Bertz CT molecular complexity index is 1580. The summed E-state index contributed by atoms with van der Waals surface area (Å²) in [6.07, 6.45) is 33.5. The maximum absolute atomic E-state index is 12.8. The summed E-state index contributed by atoms with van der Waals surface area (Å²) in [5.41, 5.74) is 2.60. The molecule has 0 radical (unpaired) electrons. The number of esters is 2. The number of quaternary nitrogens is 1. The molecule has 0 saturated carbocycles. The highest BCUT2D eigenvalue weighted by molar-refractivity contribution is 7.47. The number of carbonyl (C=O) groups excluding carboxylic acids is 2. The average Bonchev–Trinajstić information content (AvgIpc) is 3.81. The quantitative estimate of drug-likeness (QED) is 0.0296. The lowest BCUT2D eigenvalue weighted by Crippen LogP contribution is -2.37. The fraction of sp³-hybridized carbons (Fsp3) is 0.815. The van der Waals surface area contributed by atoms with Gasteiger partial charge in [-0.3, -0.25) is 18.6 Å². The van der Waals surface area contributed by atoms with Gasteiger partial charge in [-0.1, -0.05) is 142 Å². The molecule has 0 aliphatic rings. The second-order valence-corrected chi connectivity index (χ2v) is 21.5. The smallest absolute Gasteiger partial charge is 0.466 e. The Kier molecular flexibility index (Phi) is 33.0. The third-order valence-electron chi connectivity index (χ3n) is 12.4. The summed E-state index contributed by atoms with van der Waals surface area (Å²) in [5.74, 6) is 3.81.